The van der Waals surface area contributed by atoms with Gasteiger partial charge in [0.15, 0.2) is 0 Å². The molecule has 3 heteroatoms. The van der Waals surface area contributed by atoms with Crippen LogP contribution in [-0.4, -0.2) is 24.6 Å². The maximum absolute atomic E-state index is 5.48. The molecule has 2 nitrogen and oxygen atoms in total. The van der Waals surface area contributed by atoms with E-state index in [4.69, 9.17) is 4.74 Å². The van der Waals surface area contributed by atoms with Gasteiger partial charge in [0.25, 0.3) is 0 Å². The van der Waals surface area contributed by atoms with Gasteiger partial charge in [-0.3, -0.25) is 4.90 Å². The molecule has 106 valence electrons. The molecule has 1 aromatic rings. The molecule has 0 aliphatic heterocycles. The Morgan fingerprint density at radius 3 is 2.68 bits per heavy atom. The fourth-order valence-electron chi connectivity index (χ4n) is 2.34. The number of ether oxygens (including phenoxy) is 1. The Morgan fingerprint density at radius 1 is 1.37 bits per heavy atom. The van der Waals surface area contributed by atoms with Crippen molar-refractivity contribution in [1.29, 1.82) is 0 Å². The van der Waals surface area contributed by atoms with E-state index in [0.29, 0.717) is 0 Å². The first kappa shape index (κ1) is 14.9. The molecule has 0 heterocycles. The van der Waals surface area contributed by atoms with Crippen LogP contribution in [0, 0.1) is 5.92 Å². The van der Waals surface area contributed by atoms with Crippen molar-refractivity contribution in [2.24, 2.45) is 5.92 Å². The molecule has 2 rings (SSSR count). The van der Waals surface area contributed by atoms with Gasteiger partial charge in [0.1, 0.15) is 5.75 Å². The highest BCUT2D eigenvalue weighted by Crippen LogP contribution is 2.31. The van der Waals surface area contributed by atoms with E-state index in [9.17, 15) is 0 Å². The molecule has 0 radical (unpaired) electrons. The minimum atomic E-state index is 0.769. The average molecular weight is 326 g/mol. The Morgan fingerprint density at radius 2 is 2.11 bits per heavy atom. The first-order valence-corrected chi connectivity index (χ1v) is 7.96. The zero-order valence-corrected chi connectivity index (χ0v) is 13.7. The Balaban J connectivity index is 2.05. The van der Waals surface area contributed by atoms with Crippen molar-refractivity contribution >= 4 is 15.9 Å². The highest BCUT2D eigenvalue weighted by Gasteiger charge is 2.29. The first-order valence-electron chi connectivity index (χ1n) is 7.16. The summed E-state index contributed by atoms with van der Waals surface area (Å²) in [7, 11) is 1.75. The number of benzene rings is 1. The smallest absolute Gasteiger partial charge is 0.123 e. The van der Waals surface area contributed by atoms with Gasteiger partial charge in [-0.2, -0.15) is 0 Å². The summed E-state index contributed by atoms with van der Waals surface area (Å²) in [5.41, 5.74) is 1.28. The molecule has 0 N–H and O–H groups in total. The number of rotatable bonds is 7. The van der Waals surface area contributed by atoms with E-state index in [1.54, 1.807) is 7.11 Å². The quantitative estimate of drug-likeness (QED) is 0.733. The second kappa shape index (κ2) is 6.76. The second-order valence-electron chi connectivity index (χ2n) is 5.84. The fourth-order valence-corrected chi connectivity index (χ4v) is 2.75. The minimum absolute atomic E-state index is 0.769. The monoisotopic (exact) mass is 325 g/mol. The summed E-state index contributed by atoms with van der Waals surface area (Å²) in [6.07, 6.45) is 3.98. The average Bonchev–Trinajstić information content (AvgIpc) is 3.18. The van der Waals surface area contributed by atoms with Gasteiger partial charge < -0.3 is 4.74 Å². The maximum atomic E-state index is 5.48. The first-order chi connectivity index (χ1) is 9.10. The Hall–Kier alpha value is -0.540. The van der Waals surface area contributed by atoms with E-state index in [0.717, 1.165) is 28.7 Å². The Labute approximate surface area is 125 Å². The number of methoxy groups -OCH3 is 1. The van der Waals surface area contributed by atoms with Crippen molar-refractivity contribution in [1.82, 2.24) is 4.90 Å². The van der Waals surface area contributed by atoms with Crippen LogP contribution in [0.3, 0.4) is 0 Å². The van der Waals surface area contributed by atoms with Crippen LogP contribution < -0.4 is 4.74 Å². The zero-order chi connectivity index (χ0) is 13.8. The Bertz CT molecular complexity index is 415. The number of halogens is 1. The van der Waals surface area contributed by atoms with Crippen LogP contribution in [-0.2, 0) is 6.54 Å². The molecular weight excluding hydrogens is 302 g/mol. The lowest BCUT2D eigenvalue weighted by molar-refractivity contribution is 0.236. The molecule has 0 bridgehead atoms. The van der Waals surface area contributed by atoms with Crippen LogP contribution in [0.25, 0.3) is 0 Å². The molecule has 1 aliphatic rings. The van der Waals surface area contributed by atoms with Crippen LogP contribution in [0.2, 0.25) is 0 Å². The molecular formula is C16H24BrNO. The summed E-state index contributed by atoms with van der Waals surface area (Å²) in [6, 6.07) is 7.07. The van der Waals surface area contributed by atoms with Crippen LogP contribution >= 0.6 is 15.9 Å². The minimum Gasteiger partial charge on any atom is -0.496 e. The van der Waals surface area contributed by atoms with Crippen LogP contribution in [0.4, 0.5) is 0 Å². The van der Waals surface area contributed by atoms with Gasteiger partial charge in [-0.15, -0.1) is 0 Å². The van der Waals surface area contributed by atoms with E-state index in [1.165, 1.54) is 31.4 Å². The van der Waals surface area contributed by atoms with Crippen molar-refractivity contribution in [2.45, 2.75) is 45.7 Å². The largest absolute Gasteiger partial charge is 0.496 e. The molecule has 0 atom stereocenters. The van der Waals surface area contributed by atoms with Gasteiger partial charge in [0.2, 0.25) is 0 Å². The van der Waals surface area contributed by atoms with E-state index in [1.807, 2.05) is 12.1 Å². The molecule has 1 fully saturated rings. The number of nitrogens with zero attached hydrogens (tertiary/aromatic N) is 1. The maximum Gasteiger partial charge on any atom is 0.123 e. The predicted molar refractivity (Wildman–Crippen MR) is 83.6 cm³/mol. The summed E-state index contributed by atoms with van der Waals surface area (Å²) < 4.78 is 6.61. The van der Waals surface area contributed by atoms with Crippen molar-refractivity contribution in [3.8, 4) is 5.75 Å². The second-order valence-corrected chi connectivity index (χ2v) is 6.76. The summed E-state index contributed by atoms with van der Waals surface area (Å²) in [5, 5.41) is 0. The summed E-state index contributed by atoms with van der Waals surface area (Å²) in [5.74, 6) is 1.77. The zero-order valence-electron chi connectivity index (χ0n) is 12.2. The summed E-state index contributed by atoms with van der Waals surface area (Å²) in [6.45, 7) is 6.79. The molecule has 0 unspecified atom stereocenters. The molecule has 19 heavy (non-hydrogen) atoms. The molecule has 0 amide bonds. The van der Waals surface area contributed by atoms with E-state index in [-0.39, 0.29) is 0 Å². The van der Waals surface area contributed by atoms with E-state index >= 15 is 0 Å². The van der Waals surface area contributed by atoms with Crippen LogP contribution in [0.1, 0.15) is 38.7 Å². The lowest BCUT2D eigenvalue weighted by atomic mass is 10.1. The predicted octanol–water partition coefficient (Wildman–Crippen LogP) is 4.47. The summed E-state index contributed by atoms with van der Waals surface area (Å²) >= 11 is 3.56. The molecule has 1 saturated carbocycles. The van der Waals surface area contributed by atoms with Crippen LogP contribution in [0.5, 0.6) is 5.75 Å². The molecule has 0 aromatic heterocycles. The van der Waals surface area contributed by atoms with Crippen molar-refractivity contribution in [2.75, 3.05) is 13.7 Å². The van der Waals surface area contributed by atoms with Crippen molar-refractivity contribution in [3.63, 3.8) is 0 Å². The molecule has 0 saturated heterocycles. The summed E-state index contributed by atoms with van der Waals surface area (Å²) in [4.78, 5) is 2.62. The van der Waals surface area contributed by atoms with Gasteiger partial charge in [-0.05, 0) is 49.9 Å². The highest BCUT2D eigenvalue weighted by atomic mass is 79.9. The van der Waals surface area contributed by atoms with Gasteiger partial charge in [-0.1, -0.05) is 29.8 Å². The van der Waals surface area contributed by atoms with Gasteiger partial charge in [0.05, 0.1) is 7.11 Å². The van der Waals surface area contributed by atoms with E-state index < -0.39 is 0 Å². The fraction of sp³-hybridized carbons (Fsp3) is 0.625. The Kier molecular flexibility index (Phi) is 5.28. The number of hydrogen-bond acceptors (Lipinski definition) is 2. The van der Waals surface area contributed by atoms with Crippen molar-refractivity contribution in [3.05, 3.63) is 28.2 Å². The third kappa shape index (κ3) is 4.50. The molecule has 0 spiro atoms. The highest BCUT2D eigenvalue weighted by molar-refractivity contribution is 9.10. The molecule has 1 aromatic carbocycles. The topological polar surface area (TPSA) is 12.5 Å². The number of hydrogen-bond donors (Lipinski definition) is 0. The van der Waals surface area contributed by atoms with Crippen molar-refractivity contribution < 1.29 is 4.74 Å². The van der Waals surface area contributed by atoms with Gasteiger partial charge in [0, 0.05) is 22.6 Å². The SMILES string of the molecule is COc1ccc(Br)cc1CN(CCC(C)C)C1CC1. The standard InChI is InChI=1S/C16H24BrNO/c1-12(2)8-9-18(15-5-6-15)11-13-10-14(17)4-7-16(13)19-3/h4,7,10,12,15H,5-6,8-9,11H2,1-3H3. The lowest BCUT2D eigenvalue weighted by Crippen LogP contribution is -2.27. The molecule has 1 aliphatic carbocycles. The van der Waals surface area contributed by atoms with Crippen LogP contribution in [0.15, 0.2) is 22.7 Å². The lowest BCUT2D eigenvalue weighted by Gasteiger charge is -2.24. The normalized spacial score (nSPS) is 15.3. The third-order valence-electron chi connectivity index (χ3n) is 3.67. The van der Waals surface area contributed by atoms with Gasteiger partial charge in [-0.25, -0.2) is 0 Å². The third-order valence-corrected chi connectivity index (χ3v) is 4.17. The van der Waals surface area contributed by atoms with E-state index in [2.05, 4.69) is 40.7 Å². The van der Waals surface area contributed by atoms with Gasteiger partial charge >= 0.3 is 0 Å².